The first-order valence-electron chi connectivity index (χ1n) is 7.09. The second-order valence-corrected chi connectivity index (χ2v) is 4.90. The van der Waals surface area contributed by atoms with Gasteiger partial charge in [0.25, 0.3) is 0 Å². The molecule has 0 aliphatic rings. The highest BCUT2D eigenvalue weighted by Gasteiger charge is 2.06. The lowest BCUT2D eigenvalue weighted by molar-refractivity contribution is 0.354. The zero-order valence-electron chi connectivity index (χ0n) is 12.8. The van der Waals surface area contributed by atoms with Crippen LogP contribution in [0.4, 0.5) is 0 Å². The minimum absolute atomic E-state index is 0.313. The van der Waals surface area contributed by atoms with Gasteiger partial charge in [-0.1, -0.05) is 6.07 Å². The van der Waals surface area contributed by atoms with Crippen molar-refractivity contribution in [1.82, 2.24) is 10.3 Å². The third-order valence-corrected chi connectivity index (χ3v) is 3.52. The predicted octanol–water partition coefficient (Wildman–Crippen LogP) is 2.99. The van der Waals surface area contributed by atoms with E-state index < -0.39 is 0 Å². The van der Waals surface area contributed by atoms with Crippen molar-refractivity contribution in [3.63, 3.8) is 0 Å². The highest BCUT2D eigenvalue weighted by Crippen LogP contribution is 2.27. The molecule has 1 heterocycles. The quantitative estimate of drug-likeness (QED) is 0.849. The molecule has 1 aromatic heterocycles. The molecule has 2 rings (SSSR count). The van der Waals surface area contributed by atoms with Gasteiger partial charge in [-0.15, -0.1) is 0 Å². The van der Waals surface area contributed by atoms with E-state index in [0.29, 0.717) is 6.04 Å². The molecule has 0 fully saturated rings. The van der Waals surface area contributed by atoms with Gasteiger partial charge in [0.2, 0.25) is 0 Å². The molecule has 21 heavy (non-hydrogen) atoms. The lowest BCUT2D eigenvalue weighted by Gasteiger charge is -2.14. The number of benzene rings is 1. The standard InChI is InChI=1S/C17H22N2O2/c1-13(15-7-9-18-10-8-15)19-11-6-14-4-5-16(20-2)17(12-14)21-3/h4-5,7-10,12-13,19H,6,11H2,1-3H3/t13-/m1/s1. The fraction of sp³-hybridized carbons (Fsp3) is 0.353. The number of hydrogen-bond donors (Lipinski definition) is 1. The summed E-state index contributed by atoms with van der Waals surface area (Å²) in [6.07, 6.45) is 4.58. The van der Waals surface area contributed by atoms with Gasteiger partial charge in [-0.05, 0) is 55.3 Å². The molecule has 0 saturated heterocycles. The van der Waals surface area contributed by atoms with Gasteiger partial charge in [0.15, 0.2) is 11.5 Å². The minimum atomic E-state index is 0.313. The van der Waals surface area contributed by atoms with E-state index >= 15 is 0 Å². The van der Waals surface area contributed by atoms with Crippen molar-refractivity contribution in [3.8, 4) is 11.5 Å². The van der Waals surface area contributed by atoms with E-state index in [4.69, 9.17) is 9.47 Å². The molecular formula is C17H22N2O2. The number of rotatable bonds is 7. The molecule has 4 nitrogen and oxygen atoms in total. The van der Waals surface area contributed by atoms with Crippen LogP contribution in [0.2, 0.25) is 0 Å². The normalized spacial score (nSPS) is 12.0. The van der Waals surface area contributed by atoms with Crippen LogP contribution in [0.5, 0.6) is 11.5 Å². The Bertz CT molecular complexity index is 558. The van der Waals surface area contributed by atoms with Gasteiger partial charge in [-0.3, -0.25) is 4.98 Å². The van der Waals surface area contributed by atoms with Gasteiger partial charge in [-0.25, -0.2) is 0 Å². The lowest BCUT2D eigenvalue weighted by atomic mass is 10.1. The van der Waals surface area contributed by atoms with Crippen molar-refractivity contribution in [1.29, 1.82) is 0 Å². The van der Waals surface area contributed by atoms with Gasteiger partial charge in [-0.2, -0.15) is 0 Å². The summed E-state index contributed by atoms with van der Waals surface area (Å²) in [5.41, 5.74) is 2.47. The molecule has 0 saturated carbocycles. The van der Waals surface area contributed by atoms with Crippen LogP contribution in [0.1, 0.15) is 24.1 Å². The molecule has 1 atom stereocenters. The predicted molar refractivity (Wildman–Crippen MR) is 83.9 cm³/mol. The molecule has 0 unspecified atom stereocenters. The van der Waals surface area contributed by atoms with E-state index in [-0.39, 0.29) is 0 Å². The second-order valence-electron chi connectivity index (χ2n) is 4.90. The fourth-order valence-corrected chi connectivity index (χ4v) is 2.24. The molecule has 2 aromatic rings. The smallest absolute Gasteiger partial charge is 0.160 e. The van der Waals surface area contributed by atoms with Crippen LogP contribution in [-0.2, 0) is 6.42 Å². The number of methoxy groups -OCH3 is 2. The fourth-order valence-electron chi connectivity index (χ4n) is 2.24. The molecule has 1 N–H and O–H groups in total. The SMILES string of the molecule is COc1ccc(CCN[C@H](C)c2ccncc2)cc1OC. The van der Waals surface area contributed by atoms with E-state index in [2.05, 4.69) is 23.3 Å². The Balaban J connectivity index is 1.89. The lowest BCUT2D eigenvalue weighted by Crippen LogP contribution is -2.21. The highest BCUT2D eigenvalue weighted by atomic mass is 16.5. The van der Waals surface area contributed by atoms with Crippen LogP contribution in [0, 0.1) is 0 Å². The summed E-state index contributed by atoms with van der Waals surface area (Å²) in [6, 6.07) is 10.4. The van der Waals surface area contributed by atoms with Gasteiger partial charge >= 0.3 is 0 Å². The molecule has 4 heteroatoms. The number of aromatic nitrogens is 1. The summed E-state index contributed by atoms with van der Waals surface area (Å²) >= 11 is 0. The molecular weight excluding hydrogens is 264 g/mol. The van der Waals surface area contributed by atoms with Gasteiger partial charge < -0.3 is 14.8 Å². The minimum Gasteiger partial charge on any atom is -0.493 e. The molecule has 0 bridgehead atoms. The van der Waals surface area contributed by atoms with Crippen LogP contribution >= 0.6 is 0 Å². The Morgan fingerprint density at radius 1 is 1.05 bits per heavy atom. The first kappa shape index (κ1) is 15.3. The molecule has 0 aliphatic carbocycles. The number of hydrogen-bond acceptors (Lipinski definition) is 4. The average Bonchev–Trinajstić information content (AvgIpc) is 2.55. The van der Waals surface area contributed by atoms with Crippen molar-refractivity contribution in [2.45, 2.75) is 19.4 Å². The number of pyridine rings is 1. The summed E-state index contributed by atoms with van der Waals surface area (Å²) in [7, 11) is 3.31. The van der Waals surface area contributed by atoms with Gasteiger partial charge in [0.05, 0.1) is 14.2 Å². The van der Waals surface area contributed by atoms with Crippen molar-refractivity contribution in [2.75, 3.05) is 20.8 Å². The van der Waals surface area contributed by atoms with Crippen LogP contribution in [0.15, 0.2) is 42.7 Å². The van der Waals surface area contributed by atoms with Gasteiger partial charge in [0, 0.05) is 18.4 Å². The second kappa shape index (κ2) is 7.64. The van der Waals surface area contributed by atoms with E-state index in [9.17, 15) is 0 Å². The summed E-state index contributed by atoms with van der Waals surface area (Å²) in [5.74, 6) is 1.54. The van der Waals surface area contributed by atoms with Crippen LogP contribution in [0.3, 0.4) is 0 Å². The Labute approximate surface area is 126 Å². The Kier molecular flexibility index (Phi) is 5.58. The largest absolute Gasteiger partial charge is 0.493 e. The van der Waals surface area contributed by atoms with Crippen LogP contribution in [0.25, 0.3) is 0 Å². The first-order chi connectivity index (χ1) is 10.2. The maximum atomic E-state index is 5.32. The molecule has 0 aliphatic heterocycles. The third kappa shape index (κ3) is 4.20. The summed E-state index contributed by atoms with van der Waals surface area (Å²) in [6.45, 7) is 3.06. The van der Waals surface area contributed by atoms with Crippen molar-refractivity contribution >= 4 is 0 Å². The molecule has 112 valence electrons. The van der Waals surface area contributed by atoms with Crippen molar-refractivity contribution in [3.05, 3.63) is 53.9 Å². The van der Waals surface area contributed by atoms with Crippen molar-refractivity contribution in [2.24, 2.45) is 0 Å². The van der Waals surface area contributed by atoms with E-state index in [1.54, 1.807) is 14.2 Å². The summed E-state index contributed by atoms with van der Waals surface area (Å²) < 4.78 is 10.6. The topological polar surface area (TPSA) is 43.4 Å². The van der Waals surface area contributed by atoms with E-state index in [1.807, 2.05) is 36.7 Å². The van der Waals surface area contributed by atoms with Crippen LogP contribution in [-0.4, -0.2) is 25.7 Å². The maximum absolute atomic E-state index is 5.32. The molecule has 0 amide bonds. The summed E-state index contributed by atoms with van der Waals surface area (Å²) in [5, 5.41) is 3.51. The molecule has 0 radical (unpaired) electrons. The van der Waals surface area contributed by atoms with E-state index in [0.717, 1.165) is 24.5 Å². The highest BCUT2D eigenvalue weighted by molar-refractivity contribution is 5.42. The molecule has 1 aromatic carbocycles. The Morgan fingerprint density at radius 2 is 1.76 bits per heavy atom. The Hall–Kier alpha value is -2.07. The van der Waals surface area contributed by atoms with Crippen LogP contribution < -0.4 is 14.8 Å². The number of ether oxygens (including phenoxy) is 2. The zero-order valence-corrected chi connectivity index (χ0v) is 12.8. The zero-order chi connectivity index (χ0) is 15.1. The van der Waals surface area contributed by atoms with Gasteiger partial charge in [0.1, 0.15) is 0 Å². The molecule has 0 spiro atoms. The van der Waals surface area contributed by atoms with E-state index in [1.165, 1.54) is 11.1 Å². The first-order valence-corrected chi connectivity index (χ1v) is 7.09. The third-order valence-electron chi connectivity index (χ3n) is 3.52. The summed E-state index contributed by atoms with van der Waals surface area (Å²) in [4.78, 5) is 4.04. The maximum Gasteiger partial charge on any atom is 0.160 e. The monoisotopic (exact) mass is 286 g/mol. The number of nitrogens with zero attached hydrogens (tertiary/aromatic N) is 1. The Morgan fingerprint density at radius 3 is 2.43 bits per heavy atom. The van der Waals surface area contributed by atoms with Crippen molar-refractivity contribution < 1.29 is 9.47 Å². The average molecular weight is 286 g/mol. The number of nitrogens with one attached hydrogen (secondary N) is 1.